The summed E-state index contributed by atoms with van der Waals surface area (Å²) in [5, 5.41) is 4.17. The Hall–Kier alpha value is -1.63. The summed E-state index contributed by atoms with van der Waals surface area (Å²) >= 11 is 2.26. The molecule has 0 fully saturated rings. The second-order valence-electron chi connectivity index (χ2n) is 4.57. The van der Waals surface area contributed by atoms with Gasteiger partial charge >= 0.3 is 0 Å². The SMILES string of the molecule is CNc1nc(-c2c(C)oc3ccccc23)nc(C)c1I. The van der Waals surface area contributed by atoms with Crippen LogP contribution < -0.4 is 5.32 Å². The molecule has 5 heteroatoms. The highest BCUT2D eigenvalue weighted by molar-refractivity contribution is 14.1. The molecule has 1 N–H and O–H groups in total. The van der Waals surface area contributed by atoms with Gasteiger partial charge in [-0.25, -0.2) is 9.97 Å². The maximum Gasteiger partial charge on any atom is 0.165 e. The second kappa shape index (κ2) is 5.05. The van der Waals surface area contributed by atoms with E-state index in [1.807, 2.05) is 45.2 Å². The van der Waals surface area contributed by atoms with Gasteiger partial charge in [0.1, 0.15) is 17.2 Å². The topological polar surface area (TPSA) is 51.0 Å². The number of nitrogens with zero attached hydrogens (tertiary/aromatic N) is 2. The van der Waals surface area contributed by atoms with Gasteiger partial charge in [0.2, 0.25) is 0 Å². The van der Waals surface area contributed by atoms with Crippen LogP contribution in [0.2, 0.25) is 0 Å². The van der Waals surface area contributed by atoms with Crippen LogP contribution in [0.5, 0.6) is 0 Å². The normalized spacial score (nSPS) is 11.0. The van der Waals surface area contributed by atoms with E-state index >= 15 is 0 Å². The number of aromatic nitrogens is 2. The Labute approximate surface area is 130 Å². The van der Waals surface area contributed by atoms with Crippen LogP contribution in [0.3, 0.4) is 0 Å². The lowest BCUT2D eigenvalue weighted by Crippen LogP contribution is -2.03. The van der Waals surface area contributed by atoms with Gasteiger partial charge < -0.3 is 9.73 Å². The fraction of sp³-hybridized carbons (Fsp3) is 0.200. The first kappa shape index (κ1) is 13.4. The van der Waals surface area contributed by atoms with Crippen LogP contribution in [0, 0.1) is 17.4 Å². The Kier molecular flexibility index (Phi) is 3.37. The van der Waals surface area contributed by atoms with E-state index in [2.05, 4.69) is 37.9 Å². The first-order valence-corrected chi connectivity index (χ1v) is 7.40. The average Bonchev–Trinajstić information content (AvgIpc) is 2.77. The molecule has 4 nitrogen and oxygen atoms in total. The lowest BCUT2D eigenvalue weighted by atomic mass is 10.1. The highest BCUT2D eigenvalue weighted by Crippen LogP contribution is 2.33. The molecular formula is C15H14IN3O. The third-order valence-corrected chi connectivity index (χ3v) is 4.54. The number of nitrogens with one attached hydrogen (secondary N) is 1. The summed E-state index contributed by atoms with van der Waals surface area (Å²) in [7, 11) is 1.87. The van der Waals surface area contributed by atoms with Crippen molar-refractivity contribution in [1.29, 1.82) is 0 Å². The van der Waals surface area contributed by atoms with Crippen LogP contribution in [0.25, 0.3) is 22.4 Å². The van der Waals surface area contributed by atoms with E-state index in [1.165, 1.54) is 0 Å². The molecule has 0 aliphatic rings. The minimum Gasteiger partial charge on any atom is -0.461 e. The number of benzene rings is 1. The van der Waals surface area contributed by atoms with Gasteiger partial charge in [0.25, 0.3) is 0 Å². The molecule has 0 saturated heterocycles. The predicted molar refractivity (Wildman–Crippen MR) is 89.0 cm³/mol. The number of hydrogen-bond acceptors (Lipinski definition) is 4. The number of fused-ring (bicyclic) bond motifs is 1. The first-order valence-electron chi connectivity index (χ1n) is 6.32. The van der Waals surface area contributed by atoms with E-state index in [0.717, 1.165) is 37.4 Å². The minimum absolute atomic E-state index is 0.703. The number of aryl methyl sites for hydroxylation is 2. The molecule has 0 atom stereocenters. The molecule has 2 aromatic heterocycles. The summed E-state index contributed by atoms with van der Waals surface area (Å²) in [5.41, 5.74) is 2.80. The fourth-order valence-corrected chi connectivity index (χ4v) is 2.79. The standard InChI is InChI=1S/C15H14IN3O/c1-8-13(16)15(17-3)19-14(18-8)12-9(2)20-11-7-5-4-6-10(11)12/h4-7H,1-3H3,(H,17,18,19). The molecule has 3 aromatic rings. The number of rotatable bonds is 2. The molecule has 0 radical (unpaired) electrons. The fourth-order valence-electron chi connectivity index (χ4n) is 2.28. The molecule has 0 aliphatic carbocycles. The summed E-state index contributed by atoms with van der Waals surface area (Å²) < 4.78 is 6.84. The monoisotopic (exact) mass is 379 g/mol. The van der Waals surface area contributed by atoms with Crippen molar-refractivity contribution in [1.82, 2.24) is 9.97 Å². The maximum atomic E-state index is 5.79. The molecule has 0 unspecified atom stereocenters. The smallest absolute Gasteiger partial charge is 0.165 e. The van der Waals surface area contributed by atoms with E-state index in [-0.39, 0.29) is 0 Å². The van der Waals surface area contributed by atoms with Gasteiger partial charge in [-0.2, -0.15) is 0 Å². The van der Waals surface area contributed by atoms with Gasteiger partial charge in [-0.15, -0.1) is 0 Å². The van der Waals surface area contributed by atoms with Crippen LogP contribution in [0.4, 0.5) is 5.82 Å². The van der Waals surface area contributed by atoms with Crippen molar-refractivity contribution in [2.45, 2.75) is 13.8 Å². The summed E-state index contributed by atoms with van der Waals surface area (Å²) in [6, 6.07) is 7.97. The van der Waals surface area contributed by atoms with E-state index < -0.39 is 0 Å². The molecule has 0 spiro atoms. The molecule has 0 aliphatic heterocycles. The highest BCUT2D eigenvalue weighted by Gasteiger charge is 2.17. The number of para-hydroxylation sites is 1. The quantitative estimate of drug-likeness (QED) is 0.680. The zero-order chi connectivity index (χ0) is 14.3. The largest absolute Gasteiger partial charge is 0.461 e. The van der Waals surface area contributed by atoms with Crippen molar-refractivity contribution in [2.24, 2.45) is 0 Å². The average molecular weight is 379 g/mol. The molecule has 20 heavy (non-hydrogen) atoms. The minimum atomic E-state index is 0.703. The Morgan fingerprint density at radius 2 is 1.90 bits per heavy atom. The summed E-state index contributed by atoms with van der Waals surface area (Å²) in [6.07, 6.45) is 0. The number of furan rings is 1. The van der Waals surface area contributed by atoms with Gasteiger partial charge in [0.05, 0.1) is 14.8 Å². The Morgan fingerprint density at radius 1 is 1.15 bits per heavy atom. The van der Waals surface area contributed by atoms with Gasteiger partial charge in [-0.3, -0.25) is 0 Å². The van der Waals surface area contributed by atoms with Crippen molar-refractivity contribution in [2.75, 3.05) is 12.4 Å². The zero-order valence-electron chi connectivity index (χ0n) is 11.5. The maximum absolute atomic E-state index is 5.79. The van der Waals surface area contributed by atoms with Crippen LogP contribution in [-0.2, 0) is 0 Å². The number of hydrogen-bond donors (Lipinski definition) is 1. The molecule has 0 saturated carbocycles. The van der Waals surface area contributed by atoms with Gasteiger partial charge in [-0.1, -0.05) is 18.2 Å². The third-order valence-electron chi connectivity index (χ3n) is 3.25. The molecule has 3 rings (SSSR count). The molecule has 102 valence electrons. The Bertz CT molecular complexity index is 795. The van der Waals surface area contributed by atoms with E-state index in [1.54, 1.807) is 0 Å². The van der Waals surface area contributed by atoms with Crippen LogP contribution in [0.15, 0.2) is 28.7 Å². The van der Waals surface area contributed by atoms with Crippen molar-refractivity contribution in [3.63, 3.8) is 0 Å². The van der Waals surface area contributed by atoms with Crippen molar-refractivity contribution in [3.05, 3.63) is 39.3 Å². The van der Waals surface area contributed by atoms with Crippen LogP contribution in [-0.4, -0.2) is 17.0 Å². The third kappa shape index (κ3) is 2.06. The Balaban J connectivity index is 2.31. The summed E-state index contributed by atoms with van der Waals surface area (Å²) in [4.78, 5) is 9.23. The molecule has 0 bridgehead atoms. The van der Waals surface area contributed by atoms with Gasteiger partial charge in [0, 0.05) is 12.4 Å². The highest BCUT2D eigenvalue weighted by atomic mass is 127. The van der Waals surface area contributed by atoms with E-state index in [0.29, 0.717) is 5.82 Å². The number of halogens is 1. The molecule has 1 aromatic carbocycles. The van der Waals surface area contributed by atoms with E-state index in [9.17, 15) is 0 Å². The lowest BCUT2D eigenvalue weighted by molar-refractivity contribution is 0.579. The molecule has 2 heterocycles. The second-order valence-corrected chi connectivity index (χ2v) is 5.65. The molecule has 0 amide bonds. The van der Waals surface area contributed by atoms with Gasteiger partial charge in [-0.05, 0) is 42.5 Å². The van der Waals surface area contributed by atoms with Gasteiger partial charge in [0.15, 0.2) is 5.82 Å². The van der Waals surface area contributed by atoms with Crippen LogP contribution in [0.1, 0.15) is 11.5 Å². The van der Waals surface area contributed by atoms with Crippen molar-refractivity contribution in [3.8, 4) is 11.4 Å². The van der Waals surface area contributed by atoms with Crippen LogP contribution >= 0.6 is 22.6 Å². The first-order chi connectivity index (χ1) is 9.61. The summed E-state index contributed by atoms with van der Waals surface area (Å²) in [6.45, 7) is 3.94. The number of anilines is 1. The zero-order valence-corrected chi connectivity index (χ0v) is 13.6. The lowest BCUT2D eigenvalue weighted by Gasteiger charge is -2.08. The predicted octanol–water partition coefficient (Wildman–Crippen LogP) is 4.15. The van der Waals surface area contributed by atoms with E-state index in [4.69, 9.17) is 4.42 Å². The van der Waals surface area contributed by atoms with Crippen molar-refractivity contribution < 1.29 is 4.42 Å². The summed E-state index contributed by atoms with van der Waals surface area (Å²) in [5.74, 6) is 2.39. The van der Waals surface area contributed by atoms with Crippen molar-refractivity contribution >= 4 is 39.4 Å². The Morgan fingerprint density at radius 3 is 2.65 bits per heavy atom. The molecular weight excluding hydrogens is 365 g/mol.